The van der Waals surface area contributed by atoms with E-state index in [0.29, 0.717) is 18.4 Å². The van der Waals surface area contributed by atoms with Crippen molar-refractivity contribution in [3.63, 3.8) is 0 Å². The van der Waals surface area contributed by atoms with E-state index in [-0.39, 0.29) is 17.7 Å². The summed E-state index contributed by atoms with van der Waals surface area (Å²) in [7, 11) is 0. The van der Waals surface area contributed by atoms with Crippen LogP contribution >= 0.6 is 0 Å². The van der Waals surface area contributed by atoms with Crippen molar-refractivity contribution in [2.45, 2.75) is 38.5 Å². The van der Waals surface area contributed by atoms with Crippen LogP contribution in [-0.4, -0.2) is 11.8 Å². The van der Waals surface area contributed by atoms with Crippen LogP contribution in [0.4, 0.5) is 0 Å². The third-order valence-corrected chi connectivity index (χ3v) is 3.48. The number of nitrogens with zero attached hydrogens (tertiary/aromatic N) is 1. The summed E-state index contributed by atoms with van der Waals surface area (Å²) in [5.41, 5.74) is 2.26. The van der Waals surface area contributed by atoms with Crippen molar-refractivity contribution in [1.82, 2.24) is 5.32 Å². The molecule has 0 aliphatic carbocycles. The minimum absolute atomic E-state index is 0.225. The Morgan fingerprint density at radius 3 is 2.68 bits per heavy atom. The Morgan fingerprint density at radius 1 is 1.37 bits per heavy atom. The van der Waals surface area contributed by atoms with Crippen LogP contribution in [0.5, 0.6) is 0 Å². The number of piperidine rings is 1. The molecule has 0 spiro atoms. The Labute approximate surface area is 112 Å². The van der Waals surface area contributed by atoms with E-state index in [2.05, 4.69) is 11.4 Å². The van der Waals surface area contributed by atoms with Crippen LogP contribution < -0.4 is 5.32 Å². The number of carbonyl (C=O) groups excluding carboxylic acids is 2. The molecule has 1 heterocycles. The number of benzene rings is 1. The first kappa shape index (κ1) is 13.3. The highest BCUT2D eigenvalue weighted by Crippen LogP contribution is 2.31. The van der Waals surface area contributed by atoms with Crippen LogP contribution in [0.3, 0.4) is 0 Å². The quantitative estimate of drug-likeness (QED) is 0.825. The molecule has 1 N–H and O–H groups in total. The molecule has 4 nitrogen and oxygen atoms in total. The number of amides is 2. The Kier molecular flexibility index (Phi) is 3.66. The molecular weight excluding hydrogens is 240 g/mol. The van der Waals surface area contributed by atoms with E-state index in [1.165, 1.54) is 0 Å². The lowest BCUT2D eigenvalue weighted by Crippen LogP contribution is -2.39. The predicted octanol–water partition coefficient (Wildman–Crippen LogP) is 2.20. The van der Waals surface area contributed by atoms with Crippen LogP contribution in [0, 0.1) is 11.3 Å². The minimum atomic E-state index is -0.397. The topological polar surface area (TPSA) is 70.0 Å². The van der Waals surface area contributed by atoms with Gasteiger partial charge in [0.2, 0.25) is 11.8 Å². The zero-order chi connectivity index (χ0) is 14.0. The molecule has 1 aromatic carbocycles. The highest BCUT2D eigenvalue weighted by atomic mass is 16.2. The maximum Gasteiger partial charge on any atom is 0.234 e. The summed E-state index contributed by atoms with van der Waals surface area (Å²) in [6.07, 6.45) is 0.800. The fraction of sp³-hybridized carbons (Fsp3) is 0.400. The van der Waals surface area contributed by atoms with E-state index in [9.17, 15) is 14.9 Å². The number of imide groups is 1. The van der Waals surface area contributed by atoms with Gasteiger partial charge in [0.05, 0.1) is 17.6 Å². The lowest BCUT2D eigenvalue weighted by Gasteiger charge is -2.23. The maximum atomic E-state index is 11.9. The average molecular weight is 256 g/mol. The van der Waals surface area contributed by atoms with E-state index in [4.69, 9.17) is 0 Å². The van der Waals surface area contributed by atoms with E-state index in [0.717, 1.165) is 11.1 Å². The molecule has 1 aliphatic heterocycles. The number of hydrogen-bond donors (Lipinski definition) is 1. The van der Waals surface area contributed by atoms with Gasteiger partial charge in [-0.25, -0.2) is 0 Å². The summed E-state index contributed by atoms with van der Waals surface area (Å²) in [4.78, 5) is 23.1. The van der Waals surface area contributed by atoms with Crippen molar-refractivity contribution in [1.29, 1.82) is 5.26 Å². The van der Waals surface area contributed by atoms with Gasteiger partial charge in [0.15, 0.2) is 0 Å². The molecule has 4 heteroatoms. The largest absolute Gasteiger partial charge is 0.296 e. The van der Waals surface area contributed by atoms with Crippen molar-refractivity contribution in [2.24, 2.45) is 0 Å². The molecule has 0 aromatic heterocycles. The molecule has 19 heavy (non-hydrogen) atoms. The third-order valence-electron chi connectivity index (χ3n) is 3.48. The number of nitrogens with one attached hydrogen (secondary N) is 1. The second kappa shape index (κ2) is 5.23. The minimum Gasteiger partial charge on any atom is -0.296 e. The van der Waals surface area contributed by atoms with Crippen LogP contribution in [0.1, 0.15) is 55.2 Å². The molecule has 0 bridgehead atoms. The lowest BCUT2D eigenvalue weighted by molar-refractivity contribution is -0.134. The van der Waals surface area contributed by atoms with E-state index < -0.39 is 5.92 Å². The van der Waals surface area contributed by atoms with Crippen LogP contribution in [0.2, 0.25) is 0 Å². The molecule has 98 valence electrons. The summed E-state index contributed by atoms with van der Waals surface area (Å²) in [5, 5.41) is 11.7. The molecule has 1 atom stereocenters. The predicted molar refractivity (Wildman–Crippen MR) is 70.4 cm³/mol. The summed E-state index contributed by atoms with van der Waals surface area (Å²) in [6.45, 7) is 4.04. The summed E-state index contributed by atoms with van der Waals surface area (Å²) < 4.78 is 0. The van der Waals surface area contributed by atoms with Crippen molar-refractivity contribution in [3.8, 4) is 6.07 Å². The van der Waals surface area contributed by atoms with Crippen LogP contribution in [0.25, 0.3) is 0 Å². The number of carbonyl (C=O) groups is 2. The summed E-state index contributed by atoms with van der Waals surface area (Å²) >= 11 is 0. The summed E-state index contributed by atoms with van der Waals surface area (Å²) in [6, 6.07) is 7.81. The SMILES string of the molecule is CC(C)c1cccc(C2CCC(=O)NC2=O)c1C#N. The molecule has 1 saturated heterocycles. The van der Waals surface area contributed by atoms with Gasteiger partial charge in [0.1, 0.15) is 0 Å². The second-order valence-electron chi connectivity index (χ2n) is 5.08. The summed E-state index contributed by atoms with van der Waals surface area (Å²) in [5.74, 6) is -0.706. The number of nitriles is 1. The number of rotatable bonds is 2. The molecular formula is C15H16N2O2. The second-order valence-corrected chi connectivity index (χ2v) is 5.08. The Hall–Kier alpha value is -2.15. The molecule has 2 amide bonds. The van der Waals surface area contributed by atoms with Crippen LogP contribution in [-0.2, 0) is 9.59 Å². The van der Waals surface area contributed by atoms with E-state index in [1.54, 1.807) is 0 Å². The standard InChI is InChI=1S/C15H16N2O2/c1-9(2)10-4-3-5-11(13(10)8-16)12-6-7-14(18)17-15(12)19/h3-5,9,12H,6-7H2,1-2H3,(H,17,18,19). The van der Waals surface area contributed by atoms with Gasteiger partial charge in [0.25, 0.3) is 0 Å². The average Bonchev–Trinajstić information content (AvgIpc) is 2.37. The maximum absolute atomic E-state index is 11.9. The normalized spacial score (nSPS) is 19.2. The third kappa shape index (κ3) is 2.50. The highest BCUT2D eigenvalue weighted by molar-refractivity contribution is 6.01. The first-order valence-electron chi connectivity index (χ1n) is 6.41. The van der Waals surface area contributed by atoms with Gasteiger partial charge in [-0.05, 0) is 23.5 Å². The van der Waals surface area contributed by atoms with Crippen molar-refractivity contribution in [3.05, 3.63) is 34.9 Å². The molecule has 1 aliphatic rings. The number of hydrogen-bond acceptors (Lipinski definition) is 3. The first-order valence-corrected chi connectivity index (χ1v) is 6.41. The molecule has 1 unspecified atom stereocenters. The molecule has 1 aromatic rings. The molecule has 0 radical (unpaired) electrons. The van der Waals surface area contributed by atoms with E-state index >= 15 is 0 Å². The Morgan fingerprint density at radius 2 is 2.11 bits per heavy atom. The van der Waals surface area contributed by atoms with Crippen molar-refractivity contribution >= 4 is 11.8 Å². The first-order chi connectivity index (χ1) is 9.04. The monoisotopic (exact) mass is 256 g/mol. The fourth-order valence-corrected chi connectivity index (χ4v) is 2.48. The zero-order valence-corrected chi connectivity index (χ0v) is 11.1. The van der Waals surface area contributed by atoms with Gasteiger partial charge in [-0.15, -0.1) is 0 Å². The fourth-order valence-electron chi connectivity index (χ4n) is 2.48. The Bertz CT molecular complexity index is 570. The van der Waals surface area contributed by atoms with Crippen molar-refractivity contribution in [2.75, 3.05) is 0 Å². The molecule has 1 fully saturated rings. The lowest BCUT2D eigenvalue weighted by atomic mass is 9.84. The van der Waals surface area contributed by atoms with Gasteiger partial charge in [0, 0.05) is 6.42 Å². The Balaban J connectivity index is 2.46. The van der Waals surface area contributed by atoms with Gasteiger partial charge in [-0.3, -0.25) is 14.9 Å². The highest BCUT2D eigenvalue weighted by Gasteiger charge is 2.30. The van der Waals surface area contributed by atoms with Gasteiger partial charge in [-0.2, -0.15) is 5.26 Å². The van der Waals surface area contributed by atoms with Gasteiger partial charge in [-0.1, -0.05) is 32.0 Å². The van der Waals surface area contributed by atoms with Gasteiger partial charge < -0.3 is 0 Å². The molecule has 2 rings (SSSR count). The zero-order valence-electron chi connectivity index (χ0n) is 11.1. The van der Waals surface area contributed by atoms with Gasteiger partial charge >= 0.3 is 0 Å². The van der Waals surface area contributed by atoms with Crippen molar-refractivity contribution < 1.29 is 9.59 Å². The molecule has 0 saturated carbocycles. The van der Waals surface area contributed by atoms with Crippen LogP contribution in [0.15, 0.2) is 18.2 Å². The smallest absolute Gasteiger partial charge is 0.234 e. The van der Waals surface area contributed by atoms with E-state index in [1.807, 2.05) is 32.0 Å².